The van der Waals surface area contributed by atoms with Crippen LogP contribution in [0.25, 0.3) is 0 Å². The lowest BCUT2D eigenvalue weighted by molar-refractivity contribution is -0.137. The van der Waals surface area contributed by atoms with E-state index in [1.807, 2.05) is 23.1 Å². The van der Waals surface area contributed by atoms with Crippen LogP contribution in [-0.4, -0.2) is 49.0 Å². The zero-order valence-corrected chi connectivity index (χ0v) is 14.0. The van der Waals surface area contributed by atoms with E-state index in [9.17, 15) is 4.79 Å². The fourth-order valence-electron chi connectivity index (χ4n) is 3.27. The van der Waals surface area contributed by atoms with Gasteiger partial charge in [0.1, 0.15) is 5.75 Å². The summed E-state index contributed by atoms with van der Waals surface area (Å²) >= 11 is 0. The van der Waals surface area contributed by atoms with E-state index in [1.54, 1.807) is 7.11 Å². The van der Waals surface area contributed by atoms with Gasteiger partial charge in [0.05, 0.1) is 13.0 Å². The molecule has 1 fully saturated rings. The largest absolute Gasteiger partial charge is 0.496 e. The van der Waals surface area contributed by atoms with Crippen LogP contribution >= 0.6 is 0 Å². The Morgan fingerprint density at radius 3 is 2.73 bits per heavy atom. The van der Waals surface area contributed by atoms with Crippen LogP contribution < -0.4 is 4.74 Å². The highest BCUT2D eigenvalue weighted by molar-refractivity contribution is 5.79. The highest BCUT2D eigenvalue weighted by atomic mass is 16.5. The quantitative estimate of drug-likeness (QED) is 0.810. The Hall–Kier alpha value is -1.55. The number of hydrogen-bond acceptors (Lipinski definition) is 3. The van der Waals surface area contributed by atoms with Crippen molar-refractivity contribution in [1.29, 1.82) is 0 Å². The molecule has 4 nitrogen and oxygen atoms in total. The molecule has 1 heterocycles. The average Bonchev–Trinajstić information content (AvgIpc) is 2.56. The van der Waals surface area contributed by atoms with E-state index in [-0.39, 0.29) is 5.92 Å². The maximum absolute atomic E-state index is 12.6. The van der Waals surface area contributed by atoms with Crippen LogP contribution in [0.15, 0.2) is 24.3 Å². The third-order valence-electron chi connectivity index (χ3n) is 4.52. The minimum absolute atomic E-state index is 0.142. The number of hydrogen-bond donors (Lipinski definition) is 0. The maximum atomic E-state index is 12.6. The lowest BCUT2D eigenvalue weighted by Crippen LogP contribution is -2.44. The fourth-order valence-corrected chi connectivity index (χ4v) is 3.27. The molecule has 1 saturated heterocycles. The van der Waals surface area contributed by atoms with Gasteiger partial charge in [0.15, 0.2) is 0 Å². The standard InChI is InChI=1S/C18H28N2O2/c1-4-20(5-2)18(21)16-10-8-12-19(14-16)13-15-9-6-7-11-17(15)22-3/h6-7,9,11,16H,4-5,8,10,12-14H2,1-3H3. The molecule has 1 atom stereocenters. The Kier molecular flexibility index (Phi) is 6.25. The number of rotatable bonds is 6. The molecule has 0 saturated carbocycles. The van der Waals surface area contributed by atoms with Crippen molar-refractivity contribution in [2.75, 3.05) is 33.3 Å². The molecule has 1 aliphatic heterocycles. The SMILES string of the molecule is CCN(CC)C(=O)C1CCCN(Cc2ccccc2OC)C1. The molecule has 1 unspecified atom stereocenters. The second-order valence-corrected chi connectivity index (χ2v) is 5.90. The van der Waals surface area contributed by atoms with Crippen LogP contribution in [0.4, 0.5) is 0 Å². The Balaban J connectivity index is 2.00. The van der Waals surface area contributed by atoms with Crippen molar-refractivity contribution >= 4 is 5.91 Å². The molecular formula is C18H28N2O2. The Morgan fingerprint density at radius 1 is 1.32 bits per heavy atom. The number of nitrogens with zero attached hydrogens (tertiary/aromatic N) is 2. The normalized spacial score (nSPS) is 19.0. The molecule has 4 heteroatoms. The van der Waals surface area contributed by atoms with Gasteiger partial charge in [-0.3, -0.25) is 9.69 Å². The summed E-state index contributed by atoms with van der Waals surface area (Å²) in [6.45, 7) is 8.48. The van der Waals surface area contributed by atoms with E-state index in [4.69, 9.17) is 4.74 Å². The topological polar surface area (TPSA) is 32.8 Å². The van der Waals surface area contributed by atoms with Crippen molar-refractivity contribution in [3.8, 4) is 5.75 Å². The zero-order chi connectivity index (χ0) is 15.9. The highest BCUT2D eigenvalue weighted by Gasteiger charge is 2.28. The number of piperidine rings is 1. The van der Waals surface area contributed by atoms with Gasteiger partial charge in [0, 0.05) is 31.7 Å². The number of methoxy groups -OCH3 is 1. The number of carbonyl (C=O) groups is 1. The van der Waals surface area contributed by atoms with Crippen LogP contribution in [0.2, 0.25) is 0 Å². The van der Waals surface area contributed by atoms with Crippen LogP contribution in [0, 0.1) is 5.92 Å². The predicted octanol–water partition coefficient (Wildman–Crippen LogP) is 2.78. The van der Waals surface area contributed by atoms with Gasteiger partial charge < -0.3 is 9.64 Å². The first-order valence-electron chi connectivity index (χ1n) is 8.32. The molecule has 22 heavy (non-hydrogen) atoms. The Bertz CT molecular complexity index is 486. The molecule has 0 aliphatic carbocycles. The molecule has 1 aromatic rings. The van der Waals surface area contributed by atoms with Crippen LogP contribution in [0.5, 0.6) is 5.75 Å². The van der Waals surface area contributed by atoms with Crippen molar-refractivity contribution in [3.63, 3.8) is 0 Å². The molecule has 0 N–H and O–H groups in total. The Morgan fingerprint density at radius 2 is 2.05 bits per heavy atom. The van der Waals surface area contributed by atoms with Gasteiger partial charge in [0.25, 0.3) is 0 Å². The van der Waals surface area contributed by atoms with Gasteiger partial charge in [-0.2, -0.15) is 0 Å². The van der Waals surface area contributed by atoms with Gasteiger partial charge in [0.2, 0.25) is 5.91 Å². The monoisotopic (exact) mass is 304 g/mol. The third-order valence-corrected chi connectivity index (χ3v) is 4.52. The van der Waals surface area contributed by atoms with E-state index >= 15 is 0 Å². The molecule has 0 radical (unpaired) electrons. The highest BCUT2D eigenvalue weighted by Crippen LogP contribution is 2.24. The summed E-state index contributed by atoms with van der Waals surface area (Å²) in [5, 5.41) is 0. The molecule has 1 amide bonds. The summed E-state index contributed by atoms with van der Waals surface area (Å²) in [5.41, 5.74) is 1.20. The van der Waals surface area contributed by atoms with E-state index in [1.165, 1.54) is 5.56 Å². The minimum atomic E-state index is 0.142. The van der Waals surface area contributed by atoms with E-state index < -0.39 is 0 Å². The van der Waals surface area contributed by atoms with Crippen LogP contribution in [0.3, 0.4) is 0 Å². The van der Waals surface area contributed by atoms with Gasteiger partial charge in [-0.1, -0.05) is 18.2 Å². The second kappa shape index (κ2) is 8.18. The summed E-state index contributed by atoms with van der Waals surface area (Å²) in [7, 11) is 1.71. The molecule has 0 spiro atoms. The number of likely N-dealkylation sites (tertiary alicyclic amines) is 1. The van der Waals surface area contributed by atoms with Crippen molar-refractivity contribution in [2.24, 2.45) is 5.92 Å². The summed E-state index contributed by atoms with van der Waals surface area (Å²) in [6, 6.07) is 8.14. The van der Waals surface area contributed by atoms with Crippen molar-refractivity contribution in [3.05, 3.63) is 29.8 Å². The van der Waals surface area contributed by atoms with Crippen LogP contribution in [-0.2, 0) is 11.3 Å². The first kappa shape index (κ1) is 16.8. The molecule has 1 aromatic carbocycles. The summed E-state index contributed by atoms with van der Waals surface area (Å²) in [6.07, 6.45) is 2.10. The second-order valence-electron chi connectivity index (χ2n) is 5.90. The van der Waals surface area contributed by atoms with Crippen molar-refractivity contribution < 1.29 is 9.53 Å². The van der Waals surface area contributed by atoms with Gasteiger partial charge in [-0.15, -0.1) is 0 Å². The number of amides is 1. The first-order chi connectivity index (χ1) is 10.7. The number of benzene rings is 1. The molecular weight excluding hydrogens is 276 g/mol. The van der Waals surface area contributed by atoms with E-state index in [0.717, 1.165) is 51.3 Å². The number of ether oxygens (including phenoxy) is 1. The summed E-state index contributed by atoms with van der Waals surface area (Å²) < 4.78 is 5.43. The van der Waals surface area contributed by atoms with Crippen LogP contribution in [0.1, 0.15) is 32.3 Å². The van der Waals surface area contributed by atoms with Gasteiger partial charge >= 0.3 is 0 Å². The molecule has 0 bridgehead atoms. The van der Waals surface area contributed by atoms with Gasteiger partial charge in [-0.25, -0.2) is 0 Å². The van der Waals surface area contributed by atoms with Gasteiger partial charge in [-0.05, 0) is 39.3 Å². The first-order valence-corrected chi connectivity index (χ1v) is 8.32. The summed E-state index contributed by atoms with van der Waals surface area (Å²) in [5.74, 6) is 1.39. The summed E-state index contributed by atoms with van der Waals surface area (Å²) in [4.78, 5) is 16.9. The molecule has 2 rings (SSSR count). The number of para-hydroxylation sites is 1. The zero-order valence-electron chi connectivity index (χ0n) is 14.0. The maximum Gasteiger partial charge on any atom is 0.226 e. The predicted molar refractivity (Wildman–Crippen MR) is 88.9 cm³/mol. The average molecular weight is 304 g/mol. The minimum Gasteiger partial charge on any atom is -0.496 e. The molecule has 1 aliphatic rings. The molecule has 0 aromatic heterocycles. The van der Waals surface area contributed by atoms with Crippen molar-refractivity contribution in [1.82, 2.24) is 9.80 Å². The molecule has 122 valence electrons. The lowest BCUT2D eigenvalue weighted by atomic mass is 9.96. The van der Waals surface area contributed by atoms with E-state index in [0.29, 0.717) is 5.91 Å². The smallest absolute Gasteiger partial charge is 0.226 e. The van der Waals surface area contributed by atoms with Crippen molar-refractivity contribution in [2.45, 2.75) is 33.2 Å². The third kappa shape index (κ3) is 4.01. The Labute approximate surface area is 134 Å². The fraction of sp³-hybridized carbons (Fsp3) is 0.611. The van der Waals surface area contributed by atoms with E-state index in [2.05, 4.69) is 24.8 Å². The number of carbonyl (C=O) groups excluding carboxylic acids is 1. The lowest BCUT2D eigenvalue weighted by Gasteiger charge is -2.34.